The predicted octanol–water partition coefficient (Wildman–Crippen LogP) is 4.10. The number of amides is 1. The molecule has 3 aromatic carbocycles. The largest absolute Gasteiger partial charge is 0.497 e. The summed E-state index contributed by atoms with van der Waals surface area (Å²) in [6, 6.07) is 15.8. The number of carbonyl (C=O) groups is 2. The van der Waals surface area contributed by atoms with Gasteiger partial charge < -0.3 is 25.8 Å². The molecule has 184 valence electrons. The minimum atomic E-state index is -1.08. The molecular weight excluding hydrogens is 465 g/mol. The van der Waals surface area contributed by atoms with Crippen LogP contribution in [0.3, 0.4) is 0 Å². The lowest BCUT2D eigenvalue weighted by molar-refractivity contribution is 0.0698. The average molecular weight is 490 g/mol. The van der Waals surface area contributed by atoms with E-state index in [0.29, 0.717) is 34.7 Å². The second-order valence-electron chi connectivity index (χ2n) is 7.91. The Morgan fingerprint density at radius 3 is 2.58 bits per heavy atom. The van der Waals surface area contributed by atoms with Gasteiger partial charge in [0.25, 0.3) is 5.91 Å². The van der Waals surface area contributed by atoms with Gasteiger partial charge in [0, 0.05) is 23.7 Å². The highest BCUT2D eigenvalue weighted by atomic mass is 19.1. The number of aromatic carboxylic acids is 1. The molecule has 4 aromatic rings. The molecule has 0 bridgehead atoms. The fourth-order valence-corrected chi connectivity index (χ4v) is 3.84. The van der Waals surface area contributed by atoms with Crippen LogP contribution in [0.25, 0.3) is 10.9 Å². The first-order valence-electron chi connectivity index (χ1n) is 11.0. The topological polar surface area (TPSA) is 125 Å². The SMILES string of the molecule is CNCC(Nc1ncnc2c(C(=O)O)cccc12)c1cccc(NC(=O)c2ccc(OC)cc2F)c1. The number of ether oxygens (including phenoxy) is 1. The fourth-order valence-electron chi connectivity index (χ4n) is 3.84. The van der Waals surface area contributed by atoms with Gasteiger partial charge >= 0.3 is 5.97 Å². The Hall–Kier alpha value is -4.57. The molecule has 0 spiro atoms. The summed E-state index contributed by atoms with van der Waals surface area (Å²) in [6.45, 7) is 0.495. The number of carbonyl (C=O) groups excluding carboxylic acids is 1. The van der Waals surface area contributed by atoms with Crippen molar-refractivity contribution in [2.75, 3.05) is 31.3 Å². The zero-order valence-corrected chi connectivity index (χ0v) is 19.6. The minimum absolute atomic E-state index is 0.0820. The number of carboxylic acids is 1. The van der Waals surface area contributed by atoms with Crippen molar-refractivity contribution in [2.24, 2.45) is 0 Å². The van der Waals surface area contributed by atoms with Crippen LogP contribution in [0.5, 0.6) is 5.75 Å². The van der Waals surface area contributed by atoms with Gasteiger partial charge in [-0.1, -0.05) is 18.2 Å². The third kappa shape index (κ3) is 5.23. The van der Waals surface area contributed by atoms with Crippen molar-refractivity contribution in [1.82, 2.24) is 15.3 Å². The van der Waals surface area contributed by atoms with E-state index in [-0.39, 0.29) is 17.2 Å². The zero-order chi connectivity index (χ0) is 25.7. The molecule has 10 heteroatoms. The number of anilines is 2. The molecule has 1 amide bonds. The van der Waals surface area contributed by atoms with Crippen molar-refractivity contribution in [1.29, 1.82) is 0 Å². The number of nitrogens with zero attached hydrogens (tertiary/aromatic N) is 2. The van der Waals surface area contributed by atoms with Crippen molar-refractivity contribution < 1.29 is 23.8 Å². The molecule has 0 radical (unpaired) electrons. The first kappa shape index (κ1) is 24.6. The highest BCUT2D eigenvalue weighted by Crippen LogP contribution is 2.27. The monoisotopic (exact) mass is 489 g/mol. The van der Waals surface area contributed by atoms with E-state index < -0.39 is 17.7 Å². The third-order valence-corrected chi connectivity index (χ3v) is 5.58. The number of nitrogens with one attached hydrogen (secondary N) is 3. The lowest BCUT2D eigenvalue weighted by Crippen LogP contribution is -2.24. The Balaban J connectivity index is 1.61. The molecule has 4 rings (SSSR count). The number of halogens is 1. The number of aromatic nitrogens is 2. The maximum absolute atomic E-state index is 14.3. The van der Waals surface area contributed by atoms with Crippen LogP contribution in [0, 0.1) is 5.82 Å². The number of para-hydroxylation sites is 1. The molecule has 1 aromatic heterocycles. The third-order valence-electron chi connectivity index (χ3n) is 5.58. The van der Waals surface area contributed by atoms with E-state index >= 15 is 0 Å². The molecule has 1 unspecified atom stereocenters. The van der Waals surface area contributed by atoms with E-state index in [2.05, 4.69) is 25.9 Å². The number of fused-ring (bicyclic) bond motifs is 1. The quantitative estimate of drug-likeness (QED) is 0.277. The van der Waals surface area contributed by atoms with E-state index in [1.165, 1.54) is 31.6 Å². The van der Waals surface area contributed by atoms with E-state index in [1.807, 2.05) is 6.07 Å². The average Bonchev–Trinajstić information content (AvgIpc) is 2.88. The van der Waals surface area contributed by atoms with Gasteiger partial charge in [0.1, 0.15) is 23.7 Å². The van der Waals surface area contributed by atoms with Crippen LogP contribution in [-0.2, 0) is 0 Å². The molecule has 1 heterocycles. The number of rotatable bonds is 9. The number of hydrogen-bond donors (Lipinski definition) is 4. The van der Waals surface area contributed by atoms with Crippen LogP contribution < -0.4 is 20.7 Å². The van der Waals surface area contributed by atoms with Crippen molar-refractivity contribution in [3.05, 3.63) is 89.5 Å². The Morgan fingerprint density at radius 2 is 1.86 bits per heavy atom. The summed E-state index contributed by atoms with van der Waals surface area (Å²) in [6.07, 6.45) is 1.31. The van der Waals surface area contributed by atoms with Crippen LogP contribution in [0.15, 0.2) is 67.0 Å². The van der Waals surface area contributed by atoms with Gasteiger partial charge in [-0.2, -0.15) is 0 Å². The summed E-state index contributed by atoms with van der Waals surface area (Å²) in [5, 5.41) is 19.3. The Morgan fingerprint density at radius 1 is 1.06 bits per heavy atom. The van der Waals surface area contributed by atoms with E-state index in [9.17, 15) is 19.1 Å². The number of carboxylic acid groups (broad SMARTS) is 1. The van der Waals surface area contributed by atoms with Gasteiger partial charge in [-0.15, -0.1) is 0 Å². The van der Waals surface area contributed by atoms with Gasteiger partial charge in [0.15, 0.2) is 0 Å². The number of likely N-dealkylation sites (N-methyl/N-ethyl adjacent to an activating group) is 1. The summed E-state index contributed by atoms with van der Waals surface area (Å²) < 4.78 is 19.3. The molecular formula is C26H24FN5O4. The molecule has 0 saturated carbocycles. The van der Waals surface area contributed by atoms with Crippen molar-refractivity contribution in [3.63, 3.8) is 0 Å². The van der Waals surface area contributed by atoms with Crippen molar-refractivity contribution >= 4 is 34.3 Å². The molecule has 0 fully saturated rings. The highest BCUT2D eigenvalue weighted by Gasteiger charge is 2.18. The van der Waals surface area contributed by atoms with Gasteiger partial charge in [0.05, 0.1) is 29.8 Å². The summed E-state index contributed by atoms with van der Waals surface area (Å²) in [4.78, 5) is 32.8. The molecule has 4 N–H and O–H groups in total. The van der Waals surface area contributed by atoms with Crippen LogP contribution in [0.4, 0.5) is 15.9 Å². The molecule has 0 aliphatic carbocycles. The highest BCUT2D eigenvalue weighted by molar-refractivity contribution is 6.05. The number of benzene rings is 3. The first-order chi connectivity index (χ1) is 17.4. The van der Waals surface area contributed by atoms with Crippen molar-refractivity contribution in [3.8, 4) is 5.75 Å². The standard InChI is InChI=1S/C26H24FN5O4/c1-28-13-22(32-24-19-7-4-8-20(26(34)35)23(19)29-14-30-24)15-5-3-6-16(11-15)31-25(33)18-10-9-17(36-2)12-21(18)27/h3-12,14,22,28H,13H2,1-2H3,(H,31,33)(H,34,35)(H,29,30,32). The van der Waals surface area contributed by atoms with E-state index in [1.54, 1.807) is 37.4 Å². The second-order valence-corrected chi connectivity index (χ2v) is 7.91. The van der Waals surface area contributed by atoms with Gasteiger partial charge in [-0.25, -0.2) is 19.2 Å². The molecule has 0 saturated heterocycles. The zero-order valence-electron chi connectivity index (χ0n) is 19.6. The second kappa shape index (κ2) is 10.8. The molecule has 36 heavy (non-hydrogen) atoms. The molecule has 1 atom stereocenters. The van der Waals surface area contributed by atoms with Crippen LogP contribution in [0.1, 0.15) is 32.3 Å². The summed E-state index contributed by atoms with van der Waals surface area (Å²) in [5.74, 6) is -1.56. The number of hydrogen-bond acceptors (Lipinski definition) is 7. The van der Waals surface area contributed by atoms with Gasteiger partial charge in [-0.05, 0) is 49.0 Å². The Kier molecular flexibility index (Phi) is 7.36. The maximum atomic E-state index is 14.3. The fraction of sp³-hybridized carbons (Fsp3) is 0.154. The van der Waals surface area contributed by atoms with E-state index in [4.69, 9.17) is 4.74 Å². The summed E-state index contributed by atoms with van der Waals surface area (Å²) in [5.41, 5.74) is 1.61. The lowest BCUT2D eigenvalue weighted by atomic mass is 10.0. The minimum Gasteiger partial charge on any atom is -0.497 e. The maximum Gasteiger partial charge on any atom is 0.337 e. The Bertz CT molecular complexity index is 1430. The smallest absolute Gasteiger partial charge is 0.337 e. The predicted molar refractivity (Wildman–Crippen MR) is 134 cm³/mol. The van der Waals surface area contributed by atoms with Crippen LogP contribution in [0.2, 0.25) is 0 Å². The first-order valence-corrected chi connectivity index (χ1v) is 11.0. The summed E-state index contributed by atoms with van der Waals surface area (Å²) in [7, 11) is 3.22. The lowest BCUT2D eigenvalue weighted by Gasteiger charge is -2.21. The molecule has 9 nitrogen and oxygen atoms in total. The van der Waals surface area contributed by atoms with Crippen LogP contribution in [-0.4, -0.2) is 47.7 Å². The number of methoxy groups -OCH3 is 1. The normalized spacial score (nSPS) is 11.6. The van der Waals surface area contributed by atoms with Crippen LogP contribution >= 0.6 is 0 Å². The molecule has 0 aliphatic heterocycles. The van der Waals surface area contributed by atoms with Gasteiger partial charge in [-0.3, -0.25) is 4.79 Å². The summed E-state index contributed by atoms with van der Waals surface area (Å²) >= 11 is 0. The van der Waals surface area contributed by atoms with Gasteiger partial charge in [0.2, 0.25) is 0 Å². The Labute approximate surface area is 206 Å². The van der Waals surface area contributed by atoms with Crippen molar-refractivity contribution in [2.45, 2.75) is 6.04 Å². The molecule has 0 aliphatic rings. The van der Waals surface area contributed by atoms with E-state index in [0.717, 1.165) is 11.6 Å².